The summed E-state index contributed by atoms with van der Waals surface area (Å²) in [6, 6.07) is 7.10. The van der Waals surface area contributed by atoms with E-state index in [-0.39, 0.29) is 5.69 Å². The van der Waals surface area contributed by atoms with E-state index in [0.29, 0.717) is 5.52 Å². The first-order valence-electron chi connectivity index (χ1n) is 3.83. The van der Waals surface area contributed by atoms with Gasteiger partial charge in [0.25, 0.3) is 0 Å². The van der Waals surface area contributed by atoms with Gasteiger partial charge in [0.1, 0.15) is 0 Å². The minimum Gasteiger partial charge on any atom is -0.476 e. The monoisotopic (exact) mass is 300 g/mol. The Labute approximate surface area is 93.1 Å². The lowest BCUT2D eigenvalue weighted by molar-refractivity contribution is 0.0689. The predicted molar refractivity (Wildman–Crippen MR) is 59.2 cm³/mol. The van der Waals surface area contributed by atoms with Crippen molar-refractivity contribution in [1.29, 1.82) is 0 Å². The number of halogens is 1. The van der Waals surface area contributed by atoms with Crippen LogP contribution in [0.25, 0.3) is 10.9 Å². The van der Waals surface area contributed by atoms with Gasteiger partial charge in [-0.3, -0.25) is 0 Å². The number of nitrogens with zero attached hydrogens (tertiary/aromatic N) is 2. The van der Waals surface area contributed by atoms with Crippen LogP contribution < -0.4 is 0 Å². The molecule has 0 spiro atoms. The third kappa shape index (κ3) is 1.67. The zero-order chi connectivity index (χ0) is 10.1. The maximum absolute atomic E-state index is 10.6. The first-order valence-corrected chi connectivity index (χ1v) is 4.91. The highest BCUT2D eigenvalue weighted by Gasteiger charge is 2.06. The fourth-order valence-corrected chi connectivity index (χ4v) is 1.59. The van der Waals surface area contributed by atoms with E-state index in [4.69, 9.17) is 5.11 Å². The van der Waals surface area contributed by atoms with Crippen molar-refractivity contribution < 1.29 is 9.90 Å². The summed E-state index contributed by atoms with van der Waals surface area (Å²) in [6.45, 7) is 0. The lowest BCUT2D eigenvalue weighted by Gasteiger charge is -1.97. The van der Waals surface area contributed by atoms with E-state index in [1.54, 1.807) is 0 Å². The lowest BCUT2D eigenvalue weighted by Crippen LogP contribution is -2.01. The van der Waals surface area contributed by atoms with Crippen LogP contribution in [-0.2, 0) is 0 Å². The molecule has 0 aliphatic rings. The van der Waals surface area contributed by atoms with Crippen LogP contribution in [0, 0.1) is 3.57 Å². The molecule has 0 unspecified atom stereocenters. The fraction of sp³-hybridized carbons (Fsp3) is 0. The van der Waals surface area contributed by atoms with Crippen LogP contribution in [0.15, 0.2) is 24.3 Å². The van der Waals surface area contributed by atoms with Gasteiger partial charge in [-0.25, -0.2) is 4.79 Å². The van der Waals surface area contributed by atoms with Gasteiger partial charge in [0, 0.05) is 8.96 Å². The van der Waals surface area contributed by atoms with Crippen LogP contribution in [0.4, 0.5) is 0 Å². The van der Waals surface area contributed by atoms with Crippen molar-refractivity contribution in [3.05, 3.63) is 33.5 Å². The molecule has 1 aromatic heterocycles. The Morgan fingerprint density at radius 3 is 2.79 bits per heavy atom. The molecule has 14 heavy (non-hydrogen) atoms. The second kappa shape index (κ2) is 3.49. The average molecular weight is 300 g/mol. The highest BCUT2D eigenvalue weighted by Crippen LogP contribution is 2.15. The molecule has 0 fully saturated rings. The molecular formula is C9H5IN2O2. The standard InChI is InChI=1S/C9H5IN2O2/c10-6-2-1-5-3-8(9(13)14)12-11-7(5)4-6/h1-4H,(H,13,14). The number of carbonyl (C=O) groups is 1. The van der Waals surface area contributed by atoms with Crippen molar-refractivity contribution in [2.24, 2.45) is 0 Å². The number of aromatic carboxylic acids is 1. The number of fused-ring (bicyclic) bond motifs is 1. The first kappa shape index (κ1) is 9.32. The van der Waals surface area contributed by atoms with E-state index in [2.05, 4.69) is 32.8 Å². The van der Waals surface area contributed by atoms with E-state index < -0.39 is 5.97 Å². The summed E-state index contributed by atoms with van der Waals surface area (Å²) in [5, 5.41) is 16.9. The van der Waals surface area contributed by atoms with Crippen LogP contribution in [0.3, 0.4) is 0 Å². The van der Waals surface area contributed by atoms with Crippen molar-refractivity contribution >= 4 is 39.5 Å². The Balaban J connectivity index is 2.67. The van der Waals surface area contributed by atoms with Gasteiger partial charge >= 0.3 is 5.97 Å². The van der Waals surface area contributed by atoms with Crippen LogP contribution in [0.5, 0.6) is 0 Å². The van der Waals surface area contributed by atoms with Gasteiger partial charge in [-0.1, -0.05) is 6.07 Å². The number of carboxylic acid groups (broad SMARTS) is 1. The molecule has 0 amide bonds. The van der Waals surface area contributed by atoms with E-state index in [0.717, 1.165) is 8.96 Å². The molecule has 2 rings (SSSR count). The fourth-order valence-electron chi connectivity index (χ4n) is 1.11. The van der Waals surface area contributed by atoms with Crippen molar-refractivity contribution in [2.45, 2.75) is 0 Å². The van der Waals surface area contributed by atoms with Gasteiger partial charge in [0.15, 0.2) is 5.69 Å². The summed E-state index contributed by atoms with van der Waals surface area (Å²) in [7, 11) is 0. The topological polar surface area (TPSA) is 63.1 Å². The molecular weight excluding hydrogens is 295 g/mol. The quantitative estimate of drug-likeness (QED) is 0.817. The second-order valence-corrected chi connectivity index (χ2v) is 3.98. The van der Waals surface area contributed by atoms with Crippen LogP contribution in [0.1, 0.15) is 10.5 Å². The normalized spacial score (nSPS) is 10.4. The van der Waals surface area contributed by atoms with E-state index >= 15 is 0 Å². The van der Waals surface area contributed by atoms with E-state index in [1.165, 1.54) is 6.07 Å². The summed E-state index contributed by atoms with van der Waals surface area (Å²) in [5.41, 5.74) is 0.681. The molecule has 70 valence electrons. The van der Waals surface area contributed by atoms with Gasteiger partial charge in [0.2, 0.25) is 0 Å². The van der Waals surface area contributed by atoms with Gasteiger partial charge in [-0.15, -0.1) is 10.2 Å². The van der Waals surface area contributed by atoms with E-state index in [9.17, 15) is 4.79 Å². The highest BCUT2D eigenvalue weighted by atomic mass is 127. The van der Waals surface area contributed by atoms with Gasteiger partial charge in [0.05, 0.1) is 5.52 Å². The maximum Gasteiger partial charge on any atom is 0.356 e. The predicted octanol–water partition coefficient (Wildman–Crippen LogP) is 1.93. The number of hydrogen-bond donors (Lipinski definition) is 1. The summed E-state index contributed by atoms with van der Waals surface area (Å²) in [6.07, 6.45) is 0. The first-order chi connectivity index (χ1) is 6.66. The molecule has 2 aromatic rings. The van der Waals surface area contributed by atoms with Crippen LogP contribution in [-0.4, -0.2) is 21.3 Å². The number of hydrogen-bond acceptors (Lipinski definition) is 3. The average Bonchev–Trinajstić information content (AvgIpc) is 2.16. The Morgan fingerprint density at radius 1 is 1.29 bits per heavy atom. The number of carboxylic acids is 1. The SMILES string of the molecule is O=C(O)c1cc2ccc(I)cc2nn1. The molecule has 0 bridgehead atoms. The van der Waals surface area contributed by atoms with Gasteiger partial charge in [-0.2, -0.15) is 0 Å². The van der Waals surface area contributed by atoms with Crippen molar-refractivity contribution in [1.82, 2.24) is 10.2 Å². The van der Waals surface area contributed by atoms with Crippen molar-refractivity contribution in [3.8, 4) is 0 Å². The Morgan fingerprint density at radius 2 is 2.07 bits per heavy atom. The third-order valence-electron chi connectivity index (χ3n) is 1.77. The molecule has 0 saturated heterocycles. The second-order valence-electron chi connectivity index (χ2n) is 2.74. The summed E-state index contributed by atoms with van der Waals surface area (Å²) < 4.78 is 1.05. The molecule has 1 heterocycles. The molecule has 5 heteroatoms. The molecule has 4 nitrogen and oxygen atoms in total. The molecule has 0 radical (unpaired) electrons. The lowest BCUT2D eigenvalue weighted by atomic mass is 10.2. The molecule has 0 atom stereocenters. The Bertz CT molecular complexity index is 513. The zero-order valence-corrected chi connectivity index (χ0v) is 9.09. The zero-order valence-electron chi connectivity index (χ0n) is 6.94. The molecule has 0 aliphatic heterocycles. The highest BCUT2D eigenvalue weighted by molar-refractivity contribution is 14.1. The maximum atomic E-state index is 10.6. The minimum atomic E-state index is -1.06. The molecule has 0 aliphatic carbocycles. The number of benzene rings is 1. The van der Waals surface area contributed by atoms with Crippen LogP contribution >= 0.6 is 22.6 Å². The van der Waals surface area contributed by atoms with Crippen molar-refractivity contribution in [3.63, 3.8) is 0 Å². The molecule has 1 aromatic carbocycles. The summed E-state index contributed by atoms with van der Waals surface area (Å²) >= 11 is 2.17. The summed E-state index contributed by atoms with van der Waals surface area (Å²) in [4.78, 5) is 10.6. The minimum absolute atomic E-state index is 0.0290. The Kier molecular flexibility index (Phi) is 2.32. The van der Waals surface area contributed by atoms with Crippen molar-refractivity contribution in [2.75, 3.05) is 0 Å². The smallest absolute Gasteiger partial charge is 0.356 e. The van der Waals surface area contributed by atoms with Gasteiger partial charge < -0.3 is 5.11 Å². The summed E-state index contributed by atoms with van der Waals surface area (Å²) in [5.74, 6) is -1.06. The van der Waals surface area contributed by atoms with Gasteiger partial charge in [-0.05, 0) is 40.8 Å². The van der Waals surface area contributed by atoms with E-state index in [1.807, 2.05) is 18.2 Å². The molecule has 1 N–H and O–H groups in total. The number of rotatable bonds is 1. The third-order valence-corrected chi connectivity index (χ3v) is 2.44. The molecule has 0 saturated carbocycles. The largest absolute Gasteiger partial charge is 0.476 e. The van der Waals surface area contributed by atoms with Crippen LogP contribution in [0.2, 0.25) is 0 Å². The Hall–Kier alpha value is -1.24. The number of aromatic nitrogens is 2.